The molecule has 1 aromatic carbocycles. The highest BCUT2D eigenvalue weighted by Crippen LogP contribution is 2.26. The van der Waals surface area contributed by atoms with E-state index in [1.54, 1.807) is 30.5 Å². The average molecular weight is 562 g/mol. The lowest BCUT2D eigenvalue weighted by atomic mass is 9.97. The minimum Gasteiger partial charge on any atom is -0.341 e. The molecule has 2 fully saturated rings. The minimum absolute atomic E-state index is 0.161. The number of amides is 3. The predicted molar refractivity (Wildman–Crippen MR) is 152 cm³/mol. The van der Waals surface area contributed by atoms with Crippen LogP contribution in [0.2, 0.25) is 0 Å². The van der Waals surface area contributed by atoms with Gasteiger partial charge in [0.25, 0.3) is 11.1 Å². The molecule has 0 unspecified atom stereocenters. The molecule has 3 N–H and O–H groups in total. The van der Waals surface area contributed by atoms with E-state index in [1.807, 2.05) is 18.2 Å². The third kappa shape index (κ3) is 6.88. The highest BCUT2D eigenvalue weighted by Gasteiger charge is 2.26. The summed E-state index contributed by atoms with van der Waals surface area (Å²) in [6.07, 6.45) is 6.32. The van der Waals surface area contributed by atoms with E-state index >= 15 is 0 Å². The van der Waals surface area contributed by atoms with E-state index in [4.69, 9.17) is 0 Å². The third-order valence-electron chi connectivity index (χ3n) is 6.64. The number of anilines is 2. The minimum atomic E-state index is -0.414. The first-order valence-electron chi connectivity index (χ1n) is 12.9. The Balaban J connectivity index is 1.14. The third-order valence-corrected chi connectivity index (χ3v) is 7.46. The van der Waals surface area contributed by atoms with Gasteiger partial charge in [-0.25, -0.2) is 14.4 Å². The van der Waals surface area contributed by atoms with Gasteiger partial charge in [-0.1, -0.05) is 12.1 Å². The largest absolute Gasteiger partial charge is 0.341 e. The van der Waals surface area contributed by atoms with Gasteiger partial charge in [0.1, 0.15) is 5.82 Å². The van der Waals surface area contributed by atoms with Gasteiger partial charge in [0, 0.05) is 49.6 Å². The molecule has 2 saturated heterocycles. The van der Waals surface area contributed by atoms with E-state index in [1.165, 1.54) is 13.1 Å². The van der Waals surface area contributed by atoms with Gasteiger partial charge < -0.3 is 15.5 Å². The molecule has 2 aliphatic rings. The molecule has 4 heterocycles. The topological polar surface area (TPSA) is 129 Å². The molecule has 40 heavy (non-hydrogen) atoms. The van der Waals surface area contributed by atoms with Crippen LogP contribution in [-0.4, -0.2) is 51.6 Å². The highest BCUT2D eigenvalue weighted by molar-refractivity contribution is 8.18. The molecule has 5 rings (SSSR count). The van der Waals surface area contributed by atoms with Crippen molar-refractivity contribution in [1.82, 2.24) is 25.6 Å². The zero-order valence-corrected chi connectivity index (χ0v) is 22.6. The molecule has 3 aromatic rings. The molecule has 0 aliphatic carbocycles. The number of hydrogen-bond acceptors (Lipinski definition) is 9. The van der Waals surface area contributed by atoms with E-state index in [0.717, 1.165) is 49.8 Å². The molecule has 12 heteroatoms. The number of carbonyl (C=O) groups is 3. The lowest BCUT2D eigenvalue weighted by Gasteiger charge is -2.32. The smallest absolute Gasteiger partial charge is 0.290 e. The molecule has 0 radical (unpaired) electrons. The number of piperidine rings is 1. The first kappa shape index (κ1) is 27.4. The quantitative estimate of drug-likeness (QED) is 0.350. The number of pyridine rings is 1. The maximum atomic E-state index is 14.5. The monoisotopic (exact) mass is 561 g/mol. The number of nitrogens with one attached hydrogen (secondary N) is 3. The molecule has 0 atom stereocenters. The highest BCUT2D eigenvalue weighted by atomic mass is 32.2. The number of thioether (sulfide) groups is 1. The molecule has 0 saturated carbocycles. The van der Waals surface area contributed by atoms with Crippen LogP contribution in [0.4, 0.5) is 20.8 Å². The Bertz CT molecular complexity index is 1470. The van der Waals surface area contributed by atoms with Crippen molar-refractivity contribution in [1.29, 1.82) is 0 Å². The fourth-order valence-corrected chi connectivity index (χ4v) is 5.30. The van der Waals surface area contributed by atoms with E-state index in [9.17, 15) is 18.8 Å². The van der Waals surface area contributed by atoms with Crippen LogP contribution in [0.15, 0.2) is 53.7 Å². The number of benzene rings is 1. The van der Waals surface area contributed by atoms with Crippen LogP contribution in [0.25, 0.3) is 17.3 Å². The normalized spacial score (nSPS) is 16.9. The van der Waals surface area contributed by atoms with Crippen LogP contribution in [0.3, 0.4) is 0 Å². The van der Waals surface area contributed by atoms with Gasteiger partial charge >= 0.3 is 0 Å². The Morgan fingerprint density at radius 3 is 2.77 bits per heavy atom. The van der Waals surface area contributed by atoms with Crippen molar-refractivity contribution in [3.8, 4) is 11.3 Å². The first-order chi connectivity index (χ1) is 19.3. The number of rotatable bonds is 8. The average Bonchev–Trinajstić information content (AvgIpc) is 3.26. The molecule has 206 valence electrons. The van der Waals surface area contributed by atoms with Gasteiger partial charge in [-0.2, -0.15) is 0 Å². The van der Waals surface area contributed by atoms with Gasteiger partial charge in [0.15, 0.2) is 0 Å². The fraction of sp³-hybridized carbons (Fsp3) is 0.286. The lowest BCUT2D eigenvalue weighted by molar-refractivity contribution is -0.115. The van der Waals surface area contributed by atoms with Crippen molar-refractivity contribution < 1.29 is 18.8 Å². The Labute approximate surface area is 234 Å². The summed E-state index contributed by atoms with van der Waals surface area (Å²) in [4.78, 5) is 50.2. The zero-order valence-electron chi connectivity index (χ0n) is 21.8. The second-order valence-electron chi connectivity index (χ2n) is 9.62. The fourth-order valence-electron chi connectivity index (χ4n) is 4.63. The van der Waals surface area contributed by atoms with Crippen molar-refractivity contribution in [3.05, 3.63) is 70.8 Å². The van der Waals surface area contributed by atoms with E-state index in [-0.39, 0.29) is 17.0 Å². The number of halogens is 1. The second kappa shape index (κ2) is 12.3. The summed E-state index contributed by atoms with van der Waals surface area (Å²) in [5.41, 5.74) is 3.19. The summed E-state index contributed by atoms with van der Waals surface area (Å²) >= 11 is 0.859. The van der Waals surface area contributed by atoms with Crippen LogP contribution in [0.1, 0.15) is 31.0 Å². The van der Waals surface area contributed by atoms with Crippen LogP contribution in [-0.2, 0) is 16.1 Å². The molecule has 0 bridgehead atoms. The molecular weight excluding hydrogens is 533 g/mol. The molecule has 10 nitrogen and oxygen atoms in total. The number of aromatic nitrogens is 3. The maximum absolute atomic E-state index is 14.5. The summed E-state index contributed by atoms with van der Waals surface area (Å²) in [6.45, 7) is 4.12. The molecular formula is C28H28FN7O3S. The van der Waals surface area contributed by atoms with Gasteiger partial charge in [-0.3, -0.25) is 24.7 Å². The maximum Gasteiger partial charge on any atom is 0.290 e. The number of carbonyl (C=O) groups excluding carboxylic acids is 3. The van der Waals surface area contributed by atoms with Crippen molar-refractivity contribution in [2.24, 2.45) is 5.92 Å². The summed E-state index contributed by atoms with van der Waals surface area (Å²) in [5.74, 6) is 0.0667. The standard InChI is InChI=1S/C28H28FN7O3S/c1-17(37)33-21-4-2-3-19(11-21)24-12-20(23(29)16-32-24)15-30-14-18-6-9-36(10-7-18)27-31-8-5-22(34-27)13-25-26(38)35-28(39)40-25/h2-5,8,11-13,16,18,30H,6-7,9-10,14-15H2,1H3,(H,33,37)(H,35,38,39)/b25-13-. The van der Waals surface area contributed by atoms with Crippen molar-refractivity contribution in [2.75, 3.05) is 29.9 Å². The lowest BCUT2D eigenvalue weighted by Crippen LogP contribution is -2.38. The van der Waals surface area contributed by atoms with E-state index < -0.39 is 5.91 Å². The van der Waals surface area contributed by atoms with Gasteiger partial charge in [-0.15, -0.1) is 0 Å². The number of hydrogen-bond donors (Lipinski definition) is 3. The number of nitrogens with zero attached hydrogens (tertiary/aromatic N) is 4. The van der Waals surface area contributed by atoms with Crippen LogP contribution >= 0.6 is 11.8 Å². The predicted octanol–water partition coefficient (Wildman–Crippen LogP) is 3.97. The molecule has 3 amide bonds. The van der Waals surface area contributed by atoms with Crippen molar-refractivity contribution in [3.63, 3.8) is 0 Å². The molecule has 0 spiro atoms. The first-order valence-corrected chi connectivity index (χ1v) is 13.7. The summed E-state index contributed by atoms with van der Waals surface area (Å²) in [7, 11) is 0. The van der Waals surface area contributed by atoms with Gasteiger partial charge in [0.05, 0.1) is 22.5 Å². The summed E-state index contributed by atoms with van der Waals surface area (Å²) in [5, 5.41) is 7.99. The summed E-state index contributed by atoms with van der Waals surface area (Å²) < 4.78 is 14.5. The zero-order chi connectivity index (χ0) is 28.1. The number of imide groups is 1. The second-order valence-corrected chi connectivity index (χ2v) is 10.6. The summed E-state index contributed by atoms with van der Waals surface area (Å²) in [6, 6.07) is 10.7. The Morgan fingerprint density at radius 2 is 2.02 bits per heavy atom. The molecule has 2 aliphatic heterocycles. The van der Waals surface area contributed by atoms with Crippen LogP contribution in [0.5, 0.6) is 0 Å². The Kier molecular flexibility index (Phi) is 8.46. The van der Waals surface area contributed by atoms with Crippen molar-refractivity contribution in [2.45, 2.75) is 26.3 Å². The van der Waals surface area contributed by atoms with E-state index in [2.05, 4.69) is 35.8 Å². The molecule has 2 aromatic heterocycles. The Morgan fingerprint density at radius 1 is 1.20 bits per heavy atom. The van der Waals surface area contributed by atoms with Crippen molar-refractivity contribution >= 4 is 46.5 Å². The van der Waals surface area contributed by atoms with Crippen LogP contribution in [0, 0.1) is 11.7 Å². The van der Waals surface area contributed by atoms with Crippen LogP contribution < -0.4 is 20.9 Å². The van der Waals surface area contributed by atoms with E-state index in [0.29, 0.717) is 46.0 Å². The van der Waals surface area contributed by atoms with Gasteiger partial charge in [-0.05, 0) is 67.4 Å². The Hall–Kier alpha value is -4.16. The SMILES string of the molecule is CC(=O)Nc1cccc(-c2cc(CNCC3CCN(c4nccc(/C=C5\SC(=O)NC5=O)n4)CC3)c(F)cn2)c1. The van der Waals surface area contributed by atoms with Gasteiger partial charge in [0.2, 0.25) is 11.9 Å².